The molecule has 1 saturated heterocycles. The van der Waals surface area contributed by atoms with Crippen LogP contribution in [0.2, 0.25) is 0 Å². The van der Waals surface area contributed by atoms with Crippen molar-refractivity contribution in [2.45, 2.75) is 38.6 Å². The van der Waals surface area contributed by atoms with E-state index in [4.69, 9.17) is 0 Å². The molecule has 1 N–H and O–H groups in total. The number of nitrogens with zero attached hydrogens (tertiary/aromatic N) is 2. The standard InChI is InChI=1S/C17H29N3/c1-14-8-9-15(13-17(14)19(2)3)18-11-10-16-7-5-6-12-20(16)4/h8-9,13,16,18H,5-7,10-12H2,1-4H3. The lowest BCUT2D eigenvalue weighted by molar-refractivity contribution is 0.179. The van der Waals surface area contributed by atoms with Gasteiger partial charge in [0.15, 0.2) is 0 Å². The summed E-state index contributed by atoms with van der Waals surface area (Å²) in [5.41, 5.74) is 3.86. The molecule has 0 radical (unpaired) electrons. The van der Waals surface area contributed by atoms with Gasteiger partial charge in [-0.25, -0.2) is 0 Å². The minimum Gasteiger partial charge on any atom is -0.385 e. The summed E-state index contributed by atoms with van der Waals surface area (Å²) in [5, 5.41) is 3.58. The zero-order valence-corrected chi connectivity index (χ0v) is 13.4. The van der Waals surface area contributed by atoms with Crippen molar-refractivity contribution in [2.75, 3.05) is 44.4 Å². The average Bonchev–Trinajstić information content (AvgIpc) is 2.42. The third-order valence-electron chi connectivity index (χ3n) is 4.42. The van der Waals surface area contributed by atoms with E-state index in [0.29, 0.717) is 0 Å². The molecule has 3 heteroatoms. The Morgan fingerprint density at radius 2 is 2.10 bits per heavy atom. The number of nitrogens with one attached hydrogen (secondary N) is 1. The molecule has 0 aromatic heterocycles. The van der Waals surface area contributed by atoms with Crippen LogP contribution in [0.1, 0.15) is 31.2 Å². The molecule has 1 aliphatic heterocycles. The van der Waals surface area contributed by atoms with Crippen molar-refractivity contribution in [1.82, 2.24) is 4.90 Å². The zero-order chi connectivity index (χ0) is 14.5. The van der Waals surface area contributed by atoms with Crippen LogP contribution in [0, 0.1) is 6.92 Å². The molecule has 3 nitrogen and oxygen atoms in total. The molecule has 20 heavy (non-hydrogen) atoms. The summed E-state index contributed by atoms with van der Waals surface area (Å²) in [6.45, 7) is 4.49. The van der Waals surface area contributed by atoms with E-state index in [-0.39, 0.29) is 0 Å². The Balaban J connectivity index is 1.86. The fourth-order valence-electron chi connectivity index (χ4n) is 3.09. The van der Waals surface area contributed by atoms with Gasteiger partial charge in [-0.05, 0) is 57.5 Å². The van der Waals surface area contributed by atoms with Crippen LogP contribution in [0.15, 0.2) is 18.2 Å². The van der Waals surface area contributed by atoms with Gasteiger partial charge in [0.25, 0.3) is 0 Å². The zero-order valence-electron chi connectivity index (χ0n) is 13.4. The third kappa shape index (κ3) is 3.89. The van der Waals surface area contributed by atoms with Crippen molar-refractivity contribution < 1.29 is 0 Å². The second-order valence-electron chi connectivity index (χ2n) is 6.24. The number of benzene rings is 1. The van der Waals surface area contributed by atoms with Gasteiger partial charge in [-0.1, -0.05) is 12.5 Å². The maximum Gasteiger partial charge on any atom is 0.0411 e. The van der Waals surface area contributed by atoms with Crippen molar-refractivity contribution >= 4 is 11.4 Å². The Morgan fingerprint density at radius 1 is 1.30 bits per heavy atom. The number of likely N-dealkylation sites (tertiary alicyclic amines) is 1. The van der Waals surface area contributed by atoms with Crippen molar-refractivity contribution in [1.29, 1.82) is 0 Å². The van der Waals surface area contributed by atoms with Gasteiger partial charge in [-0.3, -0.25) is 0 Å². The van der Waals surface area contributed by atoms with Gasteiger partial charge < -0.3 is 15.1 Å². The Morgan fingerprint density at radius 3 is 2.80 bits per heavy atom. The molecule has 1 aromatic carbocycles. The van der Waals surface area contributed by atoms with Crippen molar-refractivity contribution in [3.63, 3.8) is 0 Å². The lowest BCUT2D eigenvalue weighted by Crippen LogP contribution is -2.37. The highest BCUT2D eigenvalue weighted by atomic mass is 15.1. The Kier molecular flexibility index (Phi) is 5.30. The lowest BCUT2D eigenvalue weighted by atomic mass is 10.0. The Labute approximate surface area is 124 Å². The summed E-state index contributed by atoms with van der Waals surface area (Å²) in [6, 6.07) is 7.40. The topological polar surface area (TPSA) is 18.5 Å². The van der Waals surface area contributed by atoms with Crippen LogP contribution >= 0.6 is 0 Å². The Bertz CT molecular complexity index is 428. The molecule has 2 rings (SSSR count). The minimum absolute atomic E-state index is 0.759. The molecular weight excluding hydrogens is 246 g/mol. The lowest BCUT2D eigenvalue weighted by Gasteiger charge is -2.32. The predicted octanol–water partition coefficient (Wildman–Crippen LogP) is 3.35. The first-order chi connectivity index (χ1) is 9.58. The monoisotopic (exact) mass is 275 g/mol. The first kappa shape index (κ1) is 15.2. The number of hydrogen-bond acceptors (Lipinski definition) is 3. The van der Waals surface area contributed by atoms with Crippen LogP contribution < -0.4 is 10.2 Å². The molecule has 112 valence electrons. The van der Waals surface area contributed by atoms with E-state index >= 15 is 0 Å². The van der Waals surface area contributed by atoms with E-state index in [0.717, 1.165) is 12.6 Å². The number of hydrogen-bond donors (Lipinski definition) is 1. The smallest absolute Gasteiger partial charge is 0.0411 e. The van der Waals surface area contributed by atoms with Crippen LogP contribution in [0.3, 0.4) is 0 Å². The average molecular weight is 275 g/mol. The fraction of sp³-hybridized carbons (Fsp3) is 0.647. The fourth-order valence-corrected chi connectivity index (χ4v) is 3.09. The number of aryl methyl sites for hydroxylation is 1. The van der Waals surface area contributed by atoms with Crippen LogP contribution in [0.4, 0.5) is 11.4 Å². The summed E-state index contributed by atoms with van der Waals surface area (Å²) in [6.07, 6.45) is 5.35. The van der Waals surface area contributed by atoms with Gasteiger partial charge in [-0.2, -0.15) is 0 Å². The van der Waals surface area contributed by atoms with Crippen molar-refractivity contribution in [3.05, 3.63) is 23.8 Å². The molecule has 0 amide bonds. The molecule has 0 aliphatic carbocycles. The van der Waals surface area contributed by atoms with Gasteiger partial charge >= 0.3 is 0 Å². The molecule has 1 aliphatic rings. The highest BCUT2D eigenvalue weighted by molar-refractivity contribution is 5.61. The summed E-state index contributed by atoms with van der Waals surface area (Å²) in [4.78, 5) is 4.70. The van der Waals surface area contributed by atoms with E-state index in [9.17, 15) is 0 Å². The van der Waals surface area contributed by atoms with Crippen LogP contribution in [-0.2, 0) is 0 Å². The first-order valence-corrected chi connectivity index (χ1v) is 7.80. The second-order valence-corrected chi connectivity index (χ2v) is 6.24. The van der Waals surface area contributed by atoms with Crippen LogP contribution in [0.25, 0.3) is 0 Å². The summed E-state index contributed by atoms with van der Waals surface area (Å²) in [7, 11) is 6.46. The molecule has 0 saturated carbocycles. The van der Waals surface area contributed by atoms with Gasteiger partial charge in [0.05, 0.1) is 0 Å². The van der Waals surface area contributed by atoms with Gasteiger partial charge in [0, 0.05) is 38.1 Å². The third-order valence-corrected chi connectivity index (χ3v) is 4.42. The maximum absolute atomic E-state index is 3.58. The van der Waals surface area contributed by atoms with Crippen molar-refractivity contribution in [2.24, 2.45) is 0 Å². The molecule has 0 spiro atoms. The minimum atomic E-state index is 0.759. The molecule has 1 atom stereocenters. The van der Waals surface area contributed by atoms with Crippen molar-refractivity contribution in [3.8, 4) is 0 Å². The summed E-state index contributed by atoms with van der Waals surface area (Å²) < 4.78 is 0. The van der Waals surface area contributed by atoms with Gasteiger partial charge in [-0.15, -0.1) is 0 Å². The quantitative estimate of drug-likeness (QED) is 0.889. The number of anilines is 2. The largest absolute Gasteiger partial charge is 0.385 e. The van der Waals surface area contributed by atoms with Crippen LogP contribution in [0.5, 0.6) is 0 Å². The second kappa shape index (κ2) is 6.98. The number of rotatable bonds is 5. The van der Waals surface area contributed by atoms with E-state index in [1.54, 1.807) is 0 Å². The first-order valence-electron chi connectivity index (χ1n) is 7.80. The van der Waals surface area contributed by atoms with E-state index < -0.39 is 0 Å². The van der Waals surface area contributed by atoms with E-state index in [2.05, 4.69) is 61.4 Å². The van der Waals surface area contributed by atoms with E-state index in [1.807, 2.05) is 0 Å². The highest BCUT2D eigenvalue weighted by Crippen LogP contribution is 2.23. The Hall–Kier alpha value is -1.22. The van der Waals surface area contributed by atoms with Gasteiger partial charge in [0.1, 0.15) is 0 Å². The summed E-state index contributed by atoms with van der Waals surface area (Å²) >= 11 is 0. The maximum atomic E-state index is 3.58. The summed E-state index contributed by atoms with van der Waals surface area (Å²) in [5.74, 6) is 0. The highest BCUT2D eigenvalue weighted by Gasteiger charge is 2.17. The SMILES string of the molecule is Cc1ccc(NCCC2CCCCN2C)cc1N(C)C. The van der Waals surface area contributed by atoms with Crippen LogP contribution in [-0.4, -0.2) is 45.2 Å². The number of piperidine rings is 1. The molecule has 1 fully saturated rings. The molecule has 0 bridgehead atoms. The molecule has 1 unspecified atom stereocenters. The molecule has 1 heterocycles. The molecule has 1 aromatic rings. The predicted molar refractivity (Wildman–Crippen MR) is 88.9 cm³/mol. The normalized spacial score (nSPS) is 19.9. The van der Waals surface area contributed by atoms with E-state index in [1.165, 1.54) is 49.2 Å². The van der Waals surface area contributed by atoms with Gasteiger partial charge in [0.2, 0.25) is 0 Å². The molecular formula is C17H29N3.